The van der Waals surface area contributed by atoms with Gasteiger partial charge in [0.1, 0.15) is 0 Å². The van der Waals surface area contributed by atoms with Gasteiger partial charge >= 0.3 is 0 Å². The van der Waals surface area contributed by atoms with Crippen molar-refractivity contribution in [1.82, 2.24) is 19.8 Å². The van der Waals surface area contributed by atoms with Crippen molar-refractivity contribution in [1.29, 1.82) is 0 Å². The van der Waals surface area contributed by atoms with Gasteiger partial charge in [0, 0.05) is 39.3 Å². The first kappa shape index (κ1) is 17.5. The number of amides is 2. The summed E-state index contributed by atoms with van der Waals surface area (Å²) >= 11 is 0. The predicted molar refractivity (Wildman–Crippen MR) is 87.8 cm³/mol. The highest BCUT2D eigenvalue weighted by atomic mass is 19.1. The van der Waals surface area contributed by atoms with Crippen molar-refractivity contribution in [2.45, 2.75) is 26.1 Å². The monoisotopic (exact) mass is 351 g/mol. The Morgan fingerprint density at radius 1 is 1.32 bits per heavy atom. The van der Waals surface area contributed by atoms with Crippen molar-refractivity contribution in [2.24, 2.45) is 0 Å². The highest BCUT2D eigenvalue weighted by molar-refractivity contribution is 5.93. The average molecular weight is 351 g/mol. The van der Waals surface area contributed by atoms with Gasteiger partial charge in [0.25, 0.3) is 5.91 Å². The van der Waals surface area contributed by atoms with Crippen LogP contribution in [0.2, 0.25) is 0 Å². The minimum atomic E-state index is -0.728. The lowest BCUT2D eigenvalue weighted by molar-refractivity contribution is -0.118. The summed E-state index contributed by atoms with van der Waals surface area (Å²) in [5.74, 6) is -0.865. The first-order chi connectivity index (χ1) is 12.0. The maximum absolute atomic E-state index is 14.1. The fraction of sp³-hybridized carbons (Fsp3) is 0.625. The zero-order valence-electron chi connectivity index (χ0n) is 14.4. The summed E-state index contributed by atoms with van der Waals surface area (Å²) in [6.45, 7) is 6.94. The van der Waals surface area contributed by atoms with Crippen LogP contribution < -0.4 is 4.90 Å². The van der Waals surface area contributed by atoms with Crippen LogP contribution in [0.25, 0.3) is 0 Å². The van der Waals surface area contributed by atoms with E-state index in [1.807, 2.05) is 18.7 Å². The van der Waals surface area contributed by atoms with E-state index in [1.54, 1.807) is 4.90 Å². The quantitative estimate of drug-likeness (QED) is 0.703. The van der Waals surface area contributed by atoms with Gasteiger partial charge in [0.2, 0.25) is 12.4 Å². The zero-order chi connectivity index (χ0) is 18.0. The molecule has 136 valence electrons. The second kappa shape index (κ2) is 7.30. The summed E-state index contributed by atoms with van der Waals surface area (Å²) in [4.78, 5) is 36.4. The van der Waals surface area contributed by atoms with Crippen LogP contribution in [0.3, 0.4) is 0 Å². The fourth-order valence-corrected chi connectivity index (χ4v) is 2.91. The number of rotatable bonds is 5. The molecule has 0 radical (unpaired) electrons. The highest BCUT2D eigenvalue weighted by Crippen LogP contribution is 2.19. The molecule has 0 aliphatic carbocycles. The van der Waals surface area contributed by atoms with E-state index in [9.17, 15) is 14.0 Å². The van der Waals surface area contributed by atoms with Gasteiger partial charge in [-0.1, -0.05) is 0 Å². The van der Waals surface area contributed by atoms with Crippen LogP contribution in [0, 0.1) is 5.82 Å². The molecule has 0 aromatic carbocycles. The third-order valence-electron chi connectivity index (χ3n) is 4.28. The largest absolute Gasteiger partial charge is 0.372 e. The molecule has 0 spiro atoms. The minimum absolute atomic E-state index is 0.00950. The third kappa shape index (κ3) is 3.87. The Kier molecular flexibility index (Phi) is 5.12. The van der Waals surface area contributed by atoms with E-state index in [4.69, 9.17) is 4.74 Å². The number of anilines is 1. The lowest BCUT2D eigenvalue weighted by Gasteiger charge is -2.39. The molecule has 0 N–H and O–H groups in total. The van der Waals surface area contributed by atoms with E-state index in [-0.39, 0.29) is 17.9 Å². The van der Waals surface area contributed by atoms with E-state index in [0.29, 0.717) is 45.2 Å². The molecule has 0 unspecified atom stereocenters. The molecular weight excluding hydrogens is 329 g/mol. The molecule has 9 heteroatoms. The van der Waals surface area contributed by atoms with Crippen LogP contribution >= 0.6 is 0 Å². The molecule has 3 rings (SSSR count). The number of likely N-dealkylation sites (tertiary alicyclic amines) is 1. The number of carbonyl (C=O) groups is 2. The van der Waals surface area contributed by atoms with Gasteiger partial charge in [-0.05, 0) is 13.8 Å². The number of hydrogen-bond acceptors (Lipinski definition) is 6. The van der Waals surface area contributed by atoms with Crippen LogP contribution in [0.4, 0.5) is 10.3 Å². The number of halogens is 1. The van der Waals surface area contributed by atoms with Crippen molar-refractivity contribution in [3.8, 4) is 0 Å². The Labute approximate surface area is 145 Å². The molecule has 25 heavy (non-hydrogen) atoms. The van der Waals surface area contributed by atoms with Crippen LogP contribution in [-0.2, 0) is 9.53 Å². The summed E-state index contributed by atoms with van der Waals surface area (Å²) in [5.41, 5.74) is -0.217. The smallest absolute Gasteiger partial charge is 0.275 e. The molecule has 3 heterocycles. The van der Waals surface area contributed by atoms with Gasteiger partial charge in [-0.15, -0.1) is 0 Å². The summed E-state index contributed by atoms with van der Waals surface area (Å²) in [6.07, 6.45) is 1.92. The van der Waals surface area contributed by atoms with Gasteiger partial charge in [-0.3, -0.25) is 9.59 Å². The summed E-state index contributed by atoms with van der Waals surface area (Å²) < 4.78 is 19.7. The minimum Gasteiger partial charge on any atom is -0.372 e. The second-order valence-corrected chi connectivity index (χ2v) is 6.51. The van der Waals surface area contributed by atoms with Crippen molar-refractivity contribution in [3.05, 3.63) is 17.7 Å². The Balaban J connectivity index is 1.66. The molecule has 2 aliphatic rings. The maximum Gasteiger partial charge on any atom is 0.275 e. The Morgan fingerprint density at radius 3 is 2.60 bits per heavy atom. The van der Waals surface area contributed by atoms with Gasteiger partial charge in [-0.2, -0.15) is 0 Å². The molecule has 8 nitrogen and oxygen atoms in total. The van der Waals surface area contributed by atoms with Gasteiger partial charge in [0.05, 0.1) is 18.4 Å². The summed E-state index contributed by atoms with van der Waals surface area (Å²) in [5, 5.41) is 0. The summed E-state index contributed by atoms with van der Waals surface area (Å²) in [6, 6.07) is 0. The number of ether oxygens (including phenoxy) is 1. The topological polar surface area (TPSA) is 78.9 Å². The SMILES string of the molecule is CC(C)OC1CN(C(=O)c2nc(N3CCN(C=O)CC3)ncc2F)C1. The normalized spacial score (nSPS) is 18.5. The van der Waals surface area contributed by atoms with E-state index in [2.05, 4.69) is 9.97 Å². The molecule has 2 aliphatic heterocycles. The zero-order valence-corrected chi connectivity index (χ0v) is 14.4. The third-order valence-corrected chi connectivity index (χ3v) is 4.28. The Hall–Kier alpha value is -2.29. The van der Waals surface area contributed by atoms with E-state index >= 15 is 0 Å². The van der Waals surface area contributed by atoms with Gasteiger partial charge in [0.15, 0.2) is 11.5 Å². The number of hydrogen-bond donors (Lipinski definition) is 0. The predicted octanol–water partition coefficient (Wildman–Crippen LogP) is 0.144. The van der Waals surface area contributed by atoms with E-state index in [1.165, 1.54) is 4.90 Å². The maximum atomic E-state index is 14.1. The van der Waals surface area contributed by atoms with Crippen LogP contribution in [0.15, 0.2) is 6.20 Å². The highest BCUT2D eigenvalue weighted by Gasteiger charge is 2.34. The average Bonchev–Trinajstić information content (AvgIpc) is 2.57. The number of aromatic nitrogens is 2. The van der Waals surface area contributed by atoms with Crippen molar-refractivity contribution in [3.63, 3.8) is 0 Å². The molecule has 2 fully saturated rings. The number of piperazine rings is 1. The molecule has 2 saturated heterocycles. The second-order valence-electron chi connectivity index (χ2n) is 6.51. The molecule has 1 aromatic rings. The molecule has 1 aromatic heterocycles. The van der Waals surface area contributed by atoms with Crippen molar-refractivity contribution < 1.29 is 18.7 Å². The van der Waals surface area contributed by atoms with Gasteiger partial charge < -0.3 is 19.4 Å². The first-order valence-corrected chi connectivity index (χ1v) is 8.39. The van der Waals surface area contributed by atoms with Crippen LogP contribution in [-0.4, -0.2) is 83.6 Å². The lowest BCUT2D eigenvalue weighted by atomic mass is 10.1. The molecule has 0 saturated carbocycles. The number of nitrogens with zero attached hydrogens (tertiary/aromatic N) is 5. The van der Waals surface area contributed by atoms with Gasteiger partial charge in [-0.25, -0.2) is 14.4 Å². The van der Waals surface area contributed by atoms with Crippen molar-refractivity contribution in [2.75, 3.05) is 44.2 Å². The standard InChI is InChI=1S/C16H22FN5O3/c1-11(2)25-12-8-22(9-12)15(24)14-13(17)7-18-16(19-14)21-5-3-20(10-23)4-6-21/h7,10-12H,3-6,8-9H2,1-2H3. The Morgan fingerprint density at radius 2 is 2.00 bits per heavy atom. The van der Waals surface area contributed by atoms with Crippen LogP contribution in [0.1, 0.15) is 24.3 Å². The lowest BCUT2D eigenvalue weighted by Crippen LogP contribution is -2.55. The molecule has 0 atom stereocenters. The molecule has 0 bridgehead atoms. The van der Waals surface area contributed by atoms with E-state index < -0.39 is 11.7 Å². The number of carbonyl (C=O) groups excluding carboxylic acids is 2. The van der Waals surface area contributed by atoms with E-state index in [0.717, 1.165) is 12.6 Å². The Bertz CT molecular complexity index is 643. The molecule has 2 amide bonds. The van der Waals surface area contributed by atoms with Crippen molar-refractivity contribution >= 4 is 18.3 Å². The fourth-order valence-electron chi connectivity index (χ4n) is 2.91. The first-order valence-electron chi connectivity index (χ1n) is 8.39. The van der Waals surface area contributed by atoms with Crippen LogP contribution in [0.5, 0.6) is 0 Å². The summed E-state index contributed by atoms with van der Waals surface area (Å²) in [7, 11) is 0. The molecular formula is C16H22FN5O3.